The molecule has 1 unspecified atom stereocenters. The molecule has 0 saturated heterocycles. The predicted molar refractivity (Wildman–Crippen MR) is 127 cm³/mol. The van der Waals surface area contributed by atoms with Gasteiger partial charge in [0.25, 0.3) is 0 Å². The third-order valence-corrected chi connectivity index (χ3v) is 7.21. The maximum atomic E-state index is 12.9. The molecule has 1 N–H and O–H groups in total. The number of para-hydroxylation sites is 1. The summed E-state index contributed by atoms with van der Waals surface area (Å²) in [4.78, 5) is 23.9. The number of thioether (sulfide) groups is 1. The lowest BCUT2D eigenvalue weighted by molar-refractivity contribution is -0.115. The van der Waals surface area contributed by atoms with Gasteiger partial charge in [0.15, 0.2) is 0 Å². The molecule has 4 nitrogen and oxygen atoms in total. The first-order chi connectivity index (χ1) is 14.6. The highest BCUT2D eigenvalue weighted by Gasteiger charge is 2.20. The molecular weight excluding hydrogens is 410 g/mol. The minimum Gasteiger partial charge on any atom is -0.325 e. The molecule has 4 rings (SSSR count). The zero-order chi connectivity index (χ0) is 21.1. The number of fused-ring (bicyclic) bond motifs is 1. The van der Waals surface area contributed by atoms with Crippen LogP contribution in [0.25, 0.3) is 20.7 Å². The van der Waals surface area contributed by atoms with Crippen LogP contribution in [0.15, 0.2) is 66.0 Å². The molecule has 1 atom stereocenters. The van der Waals surface area contributed by atoms with Crippen LogP contribution in [0.4, 0.5) is 5.69 Å². The monoisotopic (exact) mass is 433 g/mol. The summed E-state index contributed by atoms with van der Waals surface area (Å²) in [6.07, 6.45) is 2.46. The van der Waals surface area contributed by atoms with Gasteiger partial charge in [-0.2, -0.15) is 0 Å². The molecule has 0 saturated carbocycles. The first kappa shape index (κ1) is 20.6. The number of amides is 1. The Morgan fingerprint density at radius 2 is 1.93 bits per heavy atom. The molecule has 152 valence electrons. The lowest BCUT2D eigenvalue weighted by Gasteiger charge is -2.16. The van der Waals surface area contributed by atoms with Crippen molar-refractivity contribution in [3.8, 4) is 10.4 Å². The molecule has 30 heavy (non-hydrogen) atoms. The van der Waals surface area contributed by atoms with Crippen molar-refractivity contribution in [2.24, 2.45) is 0 Å². The molecule has 6 heteroatoms. The van der Waals surface area contributed by atoms with Crippen LogP contribution in [-0.2, 0) is 11.2 Å². The number of rotatable bonds is 6. The molecular formula is C24H23N3OS2. The minimum atomic E-state index is -0.285. The number of hydrogen-bond donors (Lipinski definition) is 1. The van der Waals surface area contributed by atoms with E-state index in [9.17, 15) is 4.79 Å². The van der Waals surface area contributed by atoms with Crippen molar-refractivity contribution < 1.29 is 4.79 Å². The third kappa shape index (κ3) is 4.25. The van der Waals surface area contributed by atoms with Crippen LogP contribution in [0, 0.1) is 6.92 Å². The molecule has 2 heterocycles. The average Bonchev–Trinajstić information content (AvgIpc) is 3.21. The van der Waals surface area contributed by atoms with Crippen molar-refractivity contribution in [3.05, 3.63) is 72.1 Å². The fraction of sp³-hybridized carbons (Fsp3) is 0.208. The van der Waals surface area contributed by atoms with Gasteiger partial charge in [-0.25, -0.2) is 9.97 Å². The number of benzene rings is 2. The summed E-state index contributed by atoms with van der Waals surface area (Å²) in [5.41, 5.74) is 4.31. The SMILES string of the molecule is CCc1cccc(C)c1NC(=O)C(C)Sc1ncnc2sc(-c3ccccc3)cc12. The first-order valence-corrected chi connectivity index (χ1v) is 11.6. The van der Waals surface area contributed by atoms with Crippen molar-refractivity contribution >= 4 is 44.9 Å². The van der Waals surface area contributed by atoms with Gasteiger partial charge in [-0.3, -0.25) is 4.79 Å². The smallest absolute Gasteiger partial charge is 0.237 e. The lowest BCUT2D eigenvalue weighted by Crippen LogP contribution is -2.23. The van der Waals surface area contributed by atoms with Crippen molar-refractivity contribution in [1.29, 1.82) is 0 Å². The number of aryl methyl sites for hydroxylation is 2. The molecule has 0 bridgehead atoms. The van der Waals surface area contributed by atoms with E-state index < -0.39 is 0 Å². The number of hydrogen-bond acceptors (Lipinski definition) is 5. The highest BCUT2D eigenvalue weighted by molar-refractivity contribution is 8.00. The molecule has 0 aliphatic heterocycles. The van der Waals surface area contributed by atoms with Gasteiger partial charge in [0.1, 0.15) is 16.2 Å². The number of anilines is 1. The average molecular weight is 434 g/mol. The largest absolute Gasteiger partial charge is 0.325 e. The minimum absolute atomic E-state index is 0.0192. The Labute approximate surface area is 184 Å². The summed E-state index contributed by atoms with van der Waals surface area (Å²) in [6.45, 7) is 6.04. The van der Waals surface area contributed by atoms with Gasteiger partial charge < -0.3 is 5.32 Å². The Kier molecular flexibility index (Phi) is 6.16. The third-order valence-electron chi connectivity index (χ3n) is 5.00. The highest BCUT2D eigenvalue weighted by atomic mass is 32.2. The van der Waals surface area contributed by atoms with Gasteiger partial charge in [-0.1, -0.05) is 67.2 Å². The number of nitrogens with zero attached hydrogens (tertiary/aromatic N) is 2. The topological polar surface area (TPSA) is 54.9 Å². The van der Waals surface area contributed by atoms with Crippen molar-refractivity contribution in [2.75, 3.05) is 5.32 Å². The quantitative estimate of drug-likeness (QED) is 0.284. The van der Waals surface area contributed by atoms with Gasteiger partial charge in [-0.05, 0) is 43.0 Å². The van der Waals surface area contributed by atoms with Gasteiger partial charge in [0.05, 0.1) is 5.25 Å². The first-order valence-electron chi connectivity index (χ1n) is 9.92. The lowest BCUT2D eigenvalue weighted by atomic mass is 10.1. The Bertz CT molecular complexity index is 1190. The molecule has 0 aliphatic carbocycles. The zero-order valence-electron chi connectivity index (χ0n) is 17.2. The second-order valence-corrected chi connectivity index (χ2v) is 9.45. The molecule has 0 aliphatic rings. The molecule has 0 radical (unpaired) electrons. The van der Waals surface area contributed by atoms with Crippen LogP contribution in [0.1, 0.15) is 25.0 Å². The summed E-state index contributed by atoms with van der Waals surface area (Å²) >= 11 is 3.12. The van der Waals surface area contributed by atoms with E-state index in [4.69, 9.17) is 0 Å². The summed E-state index contributed by atoms with van der Waals surface area (Å²) < 4.78 is 0. The fourth-order valence-corrected chi connectivity index (χ4v) is 5.28. The summed E-state index contributed by atoms with van der Waals surface area (Å²) in [5.74, 6) is -0.0192. The van der Waals surface area contributed by atoms with E-state index in [-0.39, 0.29) is 11.2 Å². The number of nitrogens with one attached hydrogen (secondary N) is 1. The molecule has 0 spiro atoms. The molecule has 2 aromatic heterocycles. The number of aromatic nitrogens is 2. The molecule has 2 aromatic carbocycles. The maximum Gasteiger partial charge on any atom is 0.237 e. The van der Waals surface area contributed by atoms with E-state index in [0.717, 1.165) is 48.9 Å². The normalized spacial score (nSPS) is 12.1. The summed E-state index contributed by atoms with van der Waals surface area (Å²) in [7, 11) is 0. The summed E-state index contributed by atoms with van der Waals surface area (Å²) in [6, 6.07) is 18.5. The van der Waals surface area contributed by atoms with Crippen LogP contribution in [-0.4, -0.2) is 21.1 Å². The Morgan fingerprint density at radius 1 is 1.13 bits per heavy atom. The van der Waals surface area contributed by atoms with Gasteiger partial charge >= 0.3 is 0 Å². The van der Waals surface area contributed by atoms with E-state index in [1.54, 1.807) is 17.7 Å². The van der Waals surface area contributed by atoms with Crippen LogP contribution in [0.2, 0.25) is 0 Å². The van der Waals surface area contributed by atoms with Crippen molar-refractivity contribution in [3.63, 3.8) is 0 Å². The zero-order valence-corrected chi connectivity index (χ0v) is 18.8. The van der Waals surface area contributed by atoms with Crippen LogP contribution in [0.5, 0.6) is 0 Å². The van der Waals surface area contributed by atoms with E-state index in [1.807, 2.05) is 44.2 Å². The van der Waals surface area contributed by atoms with Crippen LogP contribution < -0.4 is 5.32 Å². The van der Waals surface area contributed by atoms with Crippen LogP contribution in [0.3, 0.4) is 0 Å². The van der Waals surface area contributed by atoms with Crippen LogP contribution >= 0.6 is 23.1 Å². The van der Waals surface area contributed by atoms with E-state index in [1.165, 1.54) is 11.8 Å². The fourth-order valence-electron chi connectivity index (χ4n) is 3.32. The number of carbonyl (C=O) groups is 1. The standard InChI is InChI=1S/C24H23N3OS2/c1-4-17-12-8-9-15(2)21(17)27-22(28)16(3)29-23-19-13-20(18-10-6-5-7-11-18)30-24(19)26-14-25-23/h5-14,16H,4H2,1-3H3,(H,27,28). The highest BCUT2D eigenvalue weighted by Crippen LogP contribution is 2.37. The predicted octanol–water partition coefficient (Wildman–Crippen LogP) is 6.35. The van der Waals surface area contributed by atoms with E-state index in [0.29, 0.717) is 0 Å². The molecule has 4 aromatic rings. The van der Waals surface area contributed by atoms with Gasteiger partial charge in [0.2, 0.25) is 5.91 Å². The number of thiophene rings is 1. The van der Waals surface area contributed by atoms with E-state index >= 15 is 0 Å². The van der Waals surface area contributed by atoms with Gasteiger partial charge in [-0.15, -0.1) is 11.3 Å². The Balaban J connectivity index is 1.57. The Morgan fingerprint density at radius 3 is 2.70 bits per heavy atom. The second kappa shape index (κ2) is 8.98. The second-order valence-electron chi connectivity index (χ2n) is 7.09. The van der Waals surface area contributed by atoms with E-state index in [2.05, 4.69) is 46.5 Å². The van der Waals surface area contributed by atoms with Crippen molar-refractivity contribution in [2.45, 2.75) is 37.5 Å². The summed E-state index contributed by atoms with van der Waals surface area (Å²) in [5, 5.41) is 4.67. The molecule has 1 amide bonds. The van der Waals surface area contributed by atoms with Crippen molar-refractivity contribution in [1.82, 2.24) is 9.97 Å². The van der Waals surface area contributed by atoms with Gasteiger partial charge in [0, 0.05) is 16.0 Å². The molecule has 0 fully saturated rings. The number of carbonyl (C=O) groups excluding carboxylic acids is 1. The maximum absolute atomic E-state index is 12.9. The Hall–Kier alpha value is -2.70.